The van der Waals surface area contributed by atoms with E-state index in [1.807, 2.05) is 24.3 Å². The molecule has 1 aliphatic carbocycles. The van der Waals surface area contributed by atoms with Gasteiger partial charge in [0.25, 0.3) is 0 Å². The van der Waals surface area contributed by atoms with Crippen molar-refractivity contribution in [3.8, 4) is 46.0 Å². The van der Waals surface area contributed by atoms with Crippen LogP contribution in [0, 0.1) is 11.8 Å². The van der Waals surface area contributed by atoms with Crippen LogP contribution in [0.2, 0.25) is 0 Å². The van der Waals surface area contributed by atoms with E-state index in [9.17, 15) is 30.0 Å². The van der Waals surface area contributed by atoms with Crippen LogP contribution in [0.1, 0.15) is 43.7 Å². The highest BCUT2D eigenvalue weighted by molar-refractivity contribution is 6.11. The third-order valence-corrected chi connectivity index (χ3v) is 8.22. The molecule has 4 unspecified atom stereocenters. The van der Waals surface area contributed by atoms with Gasteiger partial charge in [0.2, 0.25) is 0 Å². The fraction of sp³-hybridized carbons (Fsp3) is 0.235. The Hall–Kier alpha value is -5.38. The minimum Gasteiger partial charge on any atom is -0.508 e. The highest BCUT2D eigenvalue weighted by Gasteiger charge is 2.59. The number of carbonyl (C=O) groups is 2. The molecule has 1 aliphatic rings. The number of ketones is 2. The number of rotatable bonds is 10. The van der Waals surface area contributed by atoms with E-state index in [0.717, 1.165) is 23.3 Å². The lowest BCUT2D eigenvalue weighted by atomic mass is 9.49. The molecular weight excluding hydrogens is 568 g/mol. The number of benzene rings is 4. The van der Waals surface area contributed by atoms with Crippen LogP contribution in [0.25, 0.3) is 0 Å². The van der Waals surface area contributed by atoms with Crippen molar-refractivity contribution in [2.75, 3.05) is 28.4 Å². The Labute approximate surface area is 253 Å². The molecule has 0 heterocycles. The Morgan fingerprint density at radius 1 is 0.523 bits per heavy atom. The van der Waals surface area contributed by atoms with Crippen LogP contribution in [0.5, 0.6) is 46.0 Å². The van der Waals surface area contributed by atoms with E-state index >= 15 is 0 Å². The third kappa shape index (κ3) is 5.19. The van der Waals surface area contributed by atoms with E-state index in [0.29, 0.717) is 11.5 Å². The van der Waals surface area contributed by atoms with E-state index in [4.69, 9.17) is 18.9 Å². The van der Waals surface area contributed by atoms with Crippen LogP contribution in [0.15, 0.2) is 72.8 Å². The van der Waals surface area contributed by atoms with Crippen LogP contribution in [-0.2, 0) is 0 Å². The van der Waals surface area contributed by atoms with Gasteiger partial charge in [-0.05, 0) is 35.4 Å². The van der Waals surface area contributed by atoms with Gasteiger partial charge in [-0.2, -0.15) is 0 Å². The number of methoxy groups -OCH3 is 4. The molecule has 10 nitrogen and oxygen atoms in total. The second-order valence-electron chi connectivity index (χ2n) is 10.5. The number of carbonyl (C=O) groups excluding carboxylic acids is 2. The molecule has 0 spiro atoms. The molecule has 0 aromatic heterocycles. The van der Waals surface area contributed by atoms with Gasteiger partial charge in [0, 0.05) is 47.9 Å². The largest absolute Gasteiger partial charge is 0.508 e. The molecule has 4 N–H and O–H groups in total. The standard InChI is InChI=1S/C34H32O10/c1-41-21-9-5-17(6-10-21)27-28(18-7-11-22(42-2)12-8-18)32(34(40)30-24(38)14-20(36)16-26(30)44-4)31(27)33(39)29-23(37)13-19(35)15-25(29)43-3/h5-16,27-28,31-32,35-38H,1-4H3. The summed E-state index contributed by atoms with van der Waals surface area (Å²) in [6.07, 6.45) is 0. The van der Waals surface area contributed by atoms with Crippen molar-refractivity contribution in [3.05, 3.63) is 95.1 Å². The summed E-state index contributed by atoms with van der Waals surface area (Å²) in [5.74, 6) is -5.06. The average molecular weight is 601 g/mol. The zero-order chi connectivity index (χ0) is 31.7. The van der Waals surface area contributed by atoms with Crippen LogP contribution >= 0.6 is 0 Å². The van der Waals surface area contributed by atoms with E-state index < -0.39 is 46.7 Å². The van der Waals surface area contributed by atoms with Gasteiger partial charge in [-0.25, -0.2) is 0 Å². The zero-order valence-electron chi connectivity index (χ0n) is 24.5. The number of hydrogen-bond donors (Lipinski definition) is 4. The summed E-state index contributed by atoms with van der Waals surface area (Å²) >= 11 is 0. The average Bonchev–Trinajstić information content (AvgIpc) is 3.00. The van der Waals surface area contributed by atoms with Crippen LogP contribution < -0.4 is 18.9 Å². The lowest BCUT2D eigenvalue weighted by molar-refractivity contribution is 0.0448. The first-order chi connectivity index (χ1) is 21.1. The van der Waals surface area contributed by atoms with Crippen molar-refractivity contribution < 1.29 is 49.0 Å². The topological polar surface area (TPSA) is 152 Å². The normalized spacial score (nSPS) is 19.0. The van der Waals surface area contributed by atoms with Gasteiger partial charge in [-0.15, -0.1) is 0 Å². The summed E-state index contributed by atoms with van der Waals surface area (Å²) < 4.78 is 21.4. The van der Waals surface area contributed by atoms with E-state index in [1.54, 1.807) is 24.3 Å². The fourth-order valence-corrected chi connectivity index (χ4v) is 6.21. The van der Waals surface area contributed by atoms with Gasteiger partial charge in [-0.1, -0.05) is 24.3 Å². The molecule has 228 valence electrons. The number of Topliss-reactive ketones (excluding diaryl/α,β-unsaturated/α-hetero) is 2. The summed E-state index contributed by atoms with van der Waals surface area (Å²) in [5.41, 5.74) is 1.07. The molecule has 0 radical (unpaired) electrons. The van der Waals surface area contributed by atoms with Gasteiger partial charge in [-0.3, -0.25) is 9.59 Å². The molecule has 4 aromatic rings. The molecule has 4 aromatic carbocycles. The number of phenols is 4. The number of ether oxygens (including phenoxy) is 4. The first-order valence-corrected chi connectivity index (χ1v) is 13.7. The number of hydrogen-bond acceptors (Lipinski definition) is 10. The van der Waals surface area contributed by atoms with Crippen molar-refractivity contribution >= 4 is 11.6 Å². The lowest BCUT2D eigenvalue weighted by Crippen LogP contribution is -2.51. The Kier molecular flexibility index (Phi) is 8.26. The molecule has 0 bridgehead atoms. The fourth-order valence-electron chi connectivity index (χ4n) is 6.21. The maximum absolute atomic E-state index is 14.5. The number of aromatic hydroxyl groups is 4. The lowest BCUT2D eigenvalue weighted by Gasteiger charge is -2.51. The second-order valence-corrected chi connectivity index (χ2v) is 10.5. The Bertz CT molecular complexity index is 1570. The van der Waals surface area contributed by atoms with Crippen molar-refractivity contribution in [2.45, 2.75) is 11.8 Å². The highest BCUT2D eigenvalue weighted by atomic mass is 16.5. The van der Waals surface area contributed by atoms with Gasteiger partial charge in [0.05, 0.1) is 28.4 Å². The predicted molar refractivity (Wildman–Crippen MR) is 160 cm³/mol. The molecule has 0 amide bonds. The van der Waals surface area contributed by atoms with Crippen LogP contribution in [-0.4, -0.2) is 60.4 Å². The second kappa shape index (κ2) is 12.1. The smallest absolute Gasteiger partial charge is 0.174 e. The molecule has 1 fully saturated rings. The molecular formula is C34H32O10. The van der Waals surface area contributed by atoms with Gasteiger partial charge < -0.3 is 39.4 Å². The summed E-state index contributed by atoms with van der Waals surface area (Å²) in [4.78, 5) is 29.0. The molecule has 10 heteroatoms. The summed E-state index contributed by atoms with van der Waals surface area (Å²) in [5, 5.41) is 41.8. The molecule has 5 rings (SSSR count). The molecule has 1 saturated carbocycles. The van der Waals surface area contributed by atoms with Gasteiger partial charge in [0.15, 0.2) is 11.6 Å². The Morgan fingerprint density at radius 2 is 0.864 bits per heavy atom. The molecule has 44 heavy (non-hydrogen) atoms. The SMILES string of the molecule is COc1ccc(C2C(C(=O)c3c(O)cc(O)cc3OC)C(C(=O)c3c(O)cc(O)cc3OC)C2c2ccc(OC)cc2)cc1. The maximum Gasteiger partial charge on any atom is 0.174 e. The third-order valence-electron chi connectivity index (χ3n) is 8.22. The number of phenolic OH excluding ortho intramolecular Hbond substituents is 4. The Balaban J connectivity index is 1.74. The van der Waals surface area contributed by atoms with Crippen LogP contribution in [0.3, 0.4) is 0 Å². The first kappa shape index (κ1) is 30.1. The van der Waals surface area contributed by atoms with Gasteiger partial charge in [0.1, 0.15) is 57.1 Å². The van der Waals surface area contributed by atoms with Gasteiger partial charge >= 0.3 is 0 Å². The van der Waals surface area contributed by atoms with Crippen molar-refractivity contribution in [3.63, 3.8) is 0 Å². The Morgan fingerprint density at radius 3 is 1.16 bits per heavy atom. The molecule has 0 saturated heterocycles. The van der Waals surface area contributed by atoms with Crippen LogP contribution in [0.4, 0.5) is 0 Å². The zero-order valence-corrected chi connectivity index (χ0v) is 24.5. The van der Waals surface area contributed by atoms with Crippen molar-refractivity contribution in [1.29, 1.82) is 0 Å². The van der Waals surface area contributed by atoms with E-state index in [-0.39, 0.29) is 34.1 Å². The predicted octanol–water partition coefficient (Wildman–Crippen LogP) is 5.42. The van der Waals surface area contributed by atoms with Crippen molar-refractivity contribution in [2.24, 2.45) is 11.8 Å². The maximum atomic E-state index is 14.5. The monoisotopic (exact) mass is 600 g/mol. The van der Waals surface area contributed by atoms with Crippen molar-refractivity contribution in [1.82, 2.24) is 0 Å². The van der Waals surface area contributed by atoms with E-state index in [2.05, 4.69) is 0 Å². The first-order valence-electron chi connectivity index (χ1n) is 13.7. The highest BCUT2D eigenvalue weighted by Crippen LogP contribution is 2.61. The molecule has 4 atom stereocenters. The quantitative estimate of drug-likeness (QED) is 0.174. The minimum absolute atomic E-state index is 0.0647. The molecule has 0 aliphatic heterocycles. The summed E-state index contributed by atoms with van der Waals surface area (Å²) in [6.45, 7) is 0. The van der Waals surface area contributed by atoms with E-state index in [1.165, 1.54) is 40.6 Å². The summed E-state index contributed by atoms with van der Waals surface area (Å²) in [6, 6.07) is 18.8. The summed E-state index contributed by atoms with van der Waals surface area (Å²) in [7, 11) is 5.68. The minimum atomic E-state index is -1.06.